The number of pyridine rings is 1. The third-order valence-corrected chi connectivity index (χ3v) is 5.72. The van der Waals surface area contributed by atoms with Crippen molar-refractivity contribution in [1.82, 2.24) is 10.3 Å². The van der Waals surface area contributed by atoms with Crippen molar-refractivity contribution in [3.63, 3.8) is 0 Å². The summed E-state index contributed by atoms with van der Waals surface area (Å²) in [5, 5.41) is 3.77. The summed E-state index contributed by atoms with van der Waals surface area (Å²) in [5.41, 5.74) is 2.82. The molecule has 4 rings (SSSR count). The van der Waals surface area contributed by atoms with Gasteiger partial charge in [0.2, 0.25) is 0 Å². The highest BCUT2D eigenvalue weighted by Crippen LogP contribution is 2.29. The second kappa shape index (κ2) is 8.28. The molecule has 2 saturated heterocycles. The average molecular weight is 386 g/mol. The number of halogens is 1. The Morgan fingerprint density at radius 1 is 1.19 bits per heavy atom. The third kappa shape index (κ3) is 4.25. The van der Waals surface area contributed by atoms with E-state index in [1.54, 1.807) is 18.5 Å². The fourth-order valence-corrected chi connectivity index (χ4v) is 4.20. The zero-order valence-corrected chi connectivity index (χ0v) is 16.0. The first kappa shape index (κ1) is 18.3. The SMILES string of the molecule is O=C(N[C@@H]1COC[C@H]1Cc1ccncc1)c1ccc(N2CCCC2)c(Cl)c1. The number of hydrogen-bond acceptors (Lipinski definition) is 4. The largest absolute Gasteiger partial charge is 0.379 e. The first-order valence-electron chi connectivity index (χ1n) is 9.53. The zero-order chi connectivity index (χ0) is 18.6. The third-order valence-electron chi connectivity index (χ3n) is 5.42. The van der Waals surface area contributed by atoms with Crippen LogP contribution in [-0.2, 0) is 11.2 Å². The molecule has 0 unspecified atom stereocenters. The van der Waals surface area contributed by atoms with Gasteiger partial charge in [-0.25, -0.2) is 0 Å². The van der Waals surface area contributed by atoms with Crippen molar-refractivity contribution in [2.75, 3.05) is 31.2 Å². The molecule has 142 valence electrons. The van der Waals surface area contributed by atoms with Gasteiger partial charge in [0.15, 0.2) is 0 Å². The minimum Gasteiger partial charge on any atom is -0.379 e. The molecule has 0 radical (unpaired) electrons. The van der Waals surface area contributed by atoms with Crippen LogP contribution in [0.4, 0.5) is 5.69 Å². The summed E-state index contributed by atoms with van der Waals surface area (Å²) < 4.78 is 5.63. The van der Waals surface area contributed by atoms with E-state index < -0.39 is 0 Å². The van der Waals surface area contributed by atoms with E-state index in [0.29, 0.717) is 23.8 Å². The lowest BCUT2D eigenvalue weighted by Crippen LogP contribution is -2.40. The van der Waals surface area contributed by atoms with Crippen molar-refractivity contribution in [2.45, 2.75) is 25.3 Å². The van der Waals surface area contributed by atoms with Crippen LogP contribution in [0.15, 0.2) is 42.7 Å². The highest BCUT2D eigenvalue weighted by molar-refractivity contribution is 6.33. The van der Waals surface area contributed by atoms with E-state index in [2.05, 4.69) is 15.2 Å². The Morgan fingerprint density at radius 2 is 1.96 bits per heavy atom. The normalized spacial score (nSPS) is 22.2. The van der Waals surface area contributed by atoms with E-state index in [4.69, 9.17) is 16.3 Å². The molecule has 1 aromatic heterocycles. The van der Waals surface area contributed by atoms with Crippen LogP contribution in [0, 0.1) is 5.92 Å². The quantitative estimate of drug-likeness (QED) is 0.857. The van der Waals surface area contributed by atoms with Crippen LogP contribution in [0.25, 0.3) is 0 Å². The Bertz CT molecular complexity index is 793. The van der Waals surface area contributed by atoms with Gasteiger partial charge in [0.05, 0.1) is 30.0 Å². The van der Waals surface area contributed by atoms with Gasteiger partial charge >= 0.3 is 0 Å². The standard InChI is InChI=1S/C21H24ClN3O2/c22-18-12-16(3-4-20(18)25-9-1-2-10-25)21(26)24-19-14-27-13-17(19)11-15-5-7-23-8-6-15/h3-8,12,17,19H,1-2,9-11,13-14H2,(H,24,26)/t17-,19-/m1/s1. The second-order valence-electron chi connectivity index (χ2n) is 7.30. The first-order valence-corrected chi connectivity index (χ1v) is 9.90. The molecule has 2 aliphatic rings. The number of nitrogens with one attached hydrogen (secondary N) is 1. The molecular weight excluding hydrogens is 362 g/mol. The van der Waals surface area contributed by atoms with E-state index >= 15 is 0 Å². The molecule has 0 saturated carbocycles. The molecule has 0 aliphatic carbocycles. The molecule has 27 heavy (non-hydrogen) atoms. The maximum Gasteiger partial charge on any atom is 0.251 e. The van der Waals surface area contributed by atoms with Crippen molar-refractivity contribution in [2.24, 2.45) is 5.92 Å². The molecule has 1 amide bonds. The molecule has 5 nitrogen and oxygen atoms in total. The molecule has 2 aliphatic heterocycles. The fourth-order valence-electron chi connectivity index (χ4n) is 3.90. The van der Waals surface area contributed by atoms with Crippen LogP contribution in [0.3, 0.4) is 0 Å². The summed E-state index contributed by atoms with van der Waals surface area (Å²) in [6.07, 6.45) is 6.84. The van der Waals surface area contributed by atoms with Gasteiger partial charge in [-0.2, -0.15) is 0 Å². The van der Waals surface area contributed by atoms with Gasteiger partial charge in [-0.15, -0.1) is 0 Å². The minimum absolute atomic E-state index is 0.00250. The number of hydrogen-bond donors (Lipinski definition) is 1. The van der Waals surface area contributed by atoms with Crippen LogP contribution >= 0.6 is 11.6 Å². The summed E-state index contributed by atoms with van der Waals surface area (Å²) in [6, 6.07) is 9.62. The monoisotopic (exact) mass is 385 g/mol. The number of amides is 1. The molecule has 3 heterocycles. The minimum atomic E-state index is -0.0971. The van der Waals surface area contributed by atoms with Crippen molar-refractivity contribution < 1.29 is 9.53 Å². The molecule has 6 heteroatoms. The highest BCUT2D eigenvalue weighted by atomic mass is 35.5. The van der Waals surface area contributed by atoms with E-state index in [1.165, 1.54) is 18.4 Å². The second-order valence-corrected chi connectivity index (χ2v) is 7.70. The van der Waals surface area contributed by atoms with E-state index in [0.717, 1.165) is 25.2 Å². The van der Waals surface area contributed by atoms with Gasteiger partial charge in [-0.1, -0.05) is 11.6 Å². The maximum atomic E-state index is 12.7. The van der Waals surface area contributed by atoms with Gasteiger partial charge in [0.25, 0.3) is 5.91 Å². The van der Waals surface area contributed by atoms with Crippen LogP contribution < -0.4 is 10.2 Å². The molecule has 1 aromatic carbocycles. The Kier molecular flexibility index (Phi) is 5.60. The van der Waals surface area contributed by atoms with Crippen molar-refractivity contribution in [3.8, 4) is 0 Å². The summed E-state index contributed by atoms with van der Waals surface area (Å²) >= 11 is 6.45. The van der Waals surface area contributed by atoms with Crippen LogP contribution in [0.1, 0.15) is 28.8 Å². The Morgan fingerprint density at radius 3 is 2.70 bits per heavy atom. The number of nitrogens with zero attached hydrogens (tertiary/aromatic N) is 2. The molecule has 0 bridgehead atoms. The predicted molar refractivity (Wildman–Crippen MR) is 106 cm³/mol. The van der Waals surface area contributed by atoms with Gasteiger partial charge in [-0.3, -0.25) is 9.78 Å². The predicted octanol–water partition coefficient (Wildman–Crippen LogP) is 3.32. The Balaban J connectivity index is 1.41. The number of rotatable bonds is 5. The summed E-state index contributed by atoms with van der Waals surface area (Å²) in [7, 11) is 0. The fraction of sp³-hybridized carbons (Fsp3) is 0.429. The van der Waals surface area contributed by atoms with Crippen molar-refractivity contribution >= 4 is 23.2 Å². The smallest absolute Gasteiger partial charge is 0.251 e. The number of aromatic nitrogens is 1. The highest BCUT2D eigenvalue weighted by Gasteiger charge is 2.30. The van der Waals surface area contributed by atoms with Gasteiger partial charge in [-0.05, 0) is 55.2 Å². The lowest BCUT2D eigenvalue weighted by molar-refractivity contribution is 0.0925. The number of anilines is 1. The molecule has 1 N–H and O–H groups in total. The summed E-state index contributed by atoms with van der Waals surface area (Å²) in [6.45, 7) is 3.26. The van der Waals surface area contributed by atoms with Crippen LogP contribution in [0.2, 0.25) is 5.02 Å². The molecule has 0 spiro atoms. The molecule has 2 atom stereocenters. The number of carbonyl (C=O) groups is 1. The molecular formula is C21H24ClN3O2. The Labute approximate surface area is 164 Å². The van der Waals surface area contributed by atoms with Crippen molar-refractivity contribution in [3.05, 3.63) is 58.9 Å². The molecule has 2 aromatic rings. The maximum absolute atomic E-state index is 12.7. The van der Waals surface area contributed by atoms with Gasteiger partial charge in [0, 0.05) is 37.0 Å². The number of ether oxygens (including phenoxy) is 1. The van der Waals surface area contributed by atoms with Crippen molar-refractivity contribution in [1.29, 1.82) is 0 Å². The van der Waals surface area contributed by atoms with E-state index in [-0.39, 0.29) is 17.9 Å². The Hall–Kier alpha value is -2.11. The van der Waals surface area contributed by atoms with Crippen LogP contribution in [0.5, 0.6) is 0 Å². The van der Waals surface area contributed by atoms with Gasteiger partial charge in [0.1, 0.15) is 0 Å². The lowest BCUT2D eigenvalue weighted by atomic mass is 9.95. The molecule has 2 fully saturated rings. The van der Waals surface area contributed by atoms with Crippen LogP contribution in [-0.4, -0.2) is 43.2 Å². The zero-order valence-electron chi connectivity index (χ0n) is 15.2. The van der Waals surface area contributed by atoms with Gasteiger partial charge < -0.3 is 15.0 Å². The number of benzene rings is 1. The average Bonchev–Trinajstić information content (AvgIpc) is 3.35. The first-order chi connectivity index (χ1) is 13.2. The lowest BCUT2D eigenvalue weighted by Gasteiger charge is -2.21. The summed E-state index contributed by atoms with van der Waals surface area (Å²) in [5.74, 6) is 0.163. The summed E-state index contributed by atoms with van der Waals surface area (Å²) in [4.78, 5) is 19.1. The van der Waals surface area contributed by atoms with E-state index in [9.17, 15) is 4.79 Å². The number of carbonyl (C=O) groups excluding carboxylic acids is 1. The topological polar surface area (TPSA) is 54.5 Å². The van der Waals surface area contributed by atoms with E-state index in [1.807, 2.05) is 24.3 Å².